The van der Waals surface area contributed by atoms with Gasteiger partial charge in [-0.3, -0.25) is 4.79 Å². The van der Waals surface area contributed by atoms with Gasteiger partial charge in [-0.1, -0.05) is 30.3 Å². The van der Waals surface area contributed by atoms with Crippen molar-refractivity contribution in [2.75, 3.05) is 13.2 Å². The minimum absolute atomic E-state index is 0.216. The van der Waals surface area contributed by atoms with E-state index in [1.807, 2.05) is 43.3 Å². The highest BCUT2D eigenvalue weighted by molar-refractivity contribution is 6.09. The van der Waals surface area contributed by atoms with Crippen molar-refractivity contribution in [3.05, 3.63) is 66.1 Å². The monoisotopic (exact) mass is 339 g/mol. The number of nitrogens with one attached hydrogen (secondary N) is 1. The summed E-state index contributed by atoms with van der Waals surface area (Å²) >= 11 is 0. The molecule has 0 fully saturated rings. The Labute approximate surface area is 146 Å². The molecule has 1 heterocycles. The van der Waals surface area contributed by atoms with Gasteiger partial charge < -0.3 is 19.6 Å². The van der Waals surface area contributed by atoms with Crippen LogP contribution in [0.3, 0.4) is 0 Å². The molecule has 1 atom stereocenters. The van der Waals surface area contributed by atoms with E-state index in [0.717, 1.165) is 10.8 Å². The van der Waals surface area contributed by atoms with Crippen molar-refractivity contribution < 1.29 is 19.1 Å². The fourth-order valence-electron chi connectivity index (χ4n) is 2.80. The lowest BCUT2D eigenvalue weighted by Crippen LogP contribution is -2.26. The summed E-state index contributed by atoms with van der Waals surface area (Å²) in [5.74, 6) is 0.839. The summed E-state index contributed by atoms with van der Waals surface area (Å²) in [7, 11) is 0. The molecule has 0 spiro atoms. The summed E-state index contributed by atoms with van der Waals surface area (Å²) in [4.78, 5) is 12.7. The van der Waals surface area contributed by atoms with Gasteiger partial charge in [-0.15, -0.1) is 0 Å². The summed E-state index contributed by atoms with van der Waals surface area (Å²) in [5.41, 5.74) is 0.521. The number of furan rings is 1. The van der Waals surface area contributed by atoms with Crippen molar-refractivity contribution in [3.63, 3.8) is 0 Å². The standard InChI is InChI=1S/C20H21NO4/c1-2-24-18-10-9-14-6-3-4-7-15(14)19(18)20(23)21-12-11-16(22)17-8-5-13-25-17/h3-10,13,16,22H,2,11-12H2,1H3,(H,21,23). The number of amides is 1. The van der Waals surface area contributed by atoms with Crippen LogP contribution in [0, 0.1) is 0 Å². The van der Waals surface area contributed by atoms with Gasteiger partial charge in [0.25, 0.3) is 5.91 Å². The maximum atomic E-state index is 12.7. The summed E-state index contributed by atoms with van der Waals surface area (Å²) < 4.78 is 10.8. The Balaban J connectivity index is 1.75. The number of hydrogen-bond acceptors (Lipinski definition) is 4. The van der Waals surface area contributed by atoms with Crippen LogP contribution in [0.2, 0.25) is 0 Å². The maximum Gasteiger partial charge on any atom is 0.255 e. The lowest BCUT2D eigenvalue weighted by Gasteiger charge is -2.14. The molecule has 0 aliphatic carbocycles. The summed E-state index contributed by atoms with van der Waals surface area (Å²) in [5, 5.41) is 14.7. The first-order valence-corrected chi connectivity index (χ1v) is 8.35. The van der Waals surface area contributed by atoms with E-state index in [9.17, 15) is 9.90 Å². The molecular weight excluding hydrogens is 318 g/mol. The molecule has 5 heteroatoms. The van der Waals surface area contributed by atoms with E-state index in [4.69, 9.17) is 9.15 Å². The van der Waals surface area contributed by atoms with Crippen molar-refractivity contribution in [2.24, 2.45) is 0 Å². The van der Waals surface area contributed by atoms with E-state index < -0.39 is 6.10 Å². The molecule has 2 aromatic carbocycles. The normalized spacial score (nSPS) is 12.1. The third-order valence-electron chi connectivity index (χ3n) is 3.99. The molecule has 0 radical (unpaired) electrons. The molecule has 0 aliphatic rings. The fourth-order valence-corrected chi connectivity index (χ4v) is 2.80. The molecule has 0 bridgehead atoms. The van der Waals surface area contributed by atoms with E-state index in [-0.39, 0.29) is 5.91 Å². The number of ether oxygens (including phenoxy) is 1. The second-order valence-electron chi connectivity index (χ2n) is 5.67. The zero-order valence-electron chi connectivity index (χ0n) is 14.1. The number of hydrogen-bond donors (Lipinski definition) is 2. The quantitative estimate of drug-likeness (QED) is 0.689. The van der Waals surface area contributed by atoms with E-state index in [1.165, 1.54) is 6.26 Å². The zero-order chi connectivity index (χ0) is 17.6. The molecule has 0 saturated heterocycles. The maximum absolute atomic E-state index is 12.7. The third kappa shape index (κ3) is 3.83. The molecule has 0 aliphatic heterocycles. The molecule has 3 aromatic rings. The molecule has 0 saturated carbocycles. The van der Waals surface area contributed by atoms with Crippen LogP contribution in [0.4, 0.5) is 0 Å². The van der Waals surface area contributed by atoms with Crippen LogP contribution in [0.15, 0.2) is 59.2 Å². The van der Waals surface area contributed by atoms with Crippen LogP contribution in [0.25, 0.3) is 10.8 Å². The van der Waals surface area contributed by atoms with Gasteiger partial charge in [-0.25, -0.2) is 0 Å². The first-order valence-electron chi connectivity index (χ1n) is 8.35. The summed E-state index contributed by atoms with van der Waals surface area (Å²) in [6.45, 7) is 2.70. The molecule has 3 rings (SSSR count). The number of benzene rings is 2. The third-order valence-corrected chi connectivity index (χ3v) is 3.99. The van der Waals surface area contributed by atoms with Gasteiger partial charge in [0.15, 0.2) is 0 Å². The SMILES string of the molecule is CCOc1ccc2ccccc2c1C(=O)NCCC(O)c1ccco1. The van der Waals surface area contributed by atoms with E-state index in [1.54, 1.807) is 12.1 Å². The van der Waals surface area contributed by atoms with Crippen molar-refractivity contribution in [1.29, 1.82) is 0 Å². The van der Waals surface area contributed by atoms with Crippen LogP contribution in [-0.4, -0.2) is 24.2 Å². The van der Waals surface area contributed by atoms with E-state index in [0.29, 0.717) is 36.6 Å². The number of aliphatic hydroxyl groups excluding tert-OH is 1. The van der Waals surface area contributed by atoms with Crippen LogP contribution in [0.1, 0.15) is 35.6 Å². The highest BCUT2D eigenvalue weighted by Crippen LogP contribution is 2.28. The Morgan fingerprint density at radius 2 is 2.04 bits per heavy atom. The Hall–Kier alpha value is -2.79. The minimum atomic E-state index is -0.742. The average Bonchev–Trinajstić information content (AvgIpc) is 3.16. The van der Waals surface area contributed by atoms with Gasteiger partial charge in [0.2, 0.25) is 0 Å². The van der Waals surface area contributed by atoms with Crippen LogP contribution < -0.4 is 10.1 Å². The minimum Gasteiger partial charge on any atom is -0.493 e. The van der Waals surface area contributed by atoms with E-state index >= 15 is 0 Å². The average molecular weight is 339 g/mol. The number of aliphatic hydroxyl groups is 1. The molecule has 2 N–H and O–H groups in total. The lowest BCUT2D eigenvalue weighted by atomic mass is 10.0. The Kier molecular flexibility index (Phi) is 5.36. The molecule has 1 aromatic heterocycles. The Morgan fingerprint density at radius 1 is 1.20 bits per heavy atom. The molecule has 1 amide bonds. The van der Waals surface area contributed by atoms with Crippen molar-refractivity contribution in [3.8, 4) is 5.75 Å². The topological polar surface area (TPSA) is 71.7 Å². The summed E-state index contributed by atoms with van der Waals surface area (Å²) in [6.07, 6.45) is 1.14. The highest BCUT2D eigenvalue weighted by Gasteiger charge is 2.17. The molecule has 5 nitrogen and oxygen atoms in total. The van der Waals surface area contributed by atoms with Crippen molar-refractivity contribution in [1.82, 2.24) is 5.32 Å². The smallest absolute Gasteiger partial charge is 0.255 e. The van der Waals surface area contributed by atoms with Gasteiger partial charge >= 0.3 is 0 Å². The van der Waals surface area contributed by atoms with Crippen LogP contribution in [0.5, 0.6) is 5.75 Å². The van der Waals surface area contributed by atoms with Gasteiger partial charge in [0.05, 0.1) is 18.4 Å². The first-order chi connectivity index (χ1) is 12.2. The molecule has 1 unspecified atom stereocenters. The second kappa shape index (κ2) is 7.85. The van der Waals surface area contributed by atoms with Gasteiger partial charge in [0.1, 0.15) is 17.6 Å². The zero-order valence-corrected chi connectivity index (χ0v) is 14.1. The Bertz CT molecular complexity index is 842. The van der Waals surface area contributed by atoms with Crippen molar-refractivity contribution in [2.45, 2.75) is 19.4 Å². The highest BCUT2D eigenvalue weighted by atomic mass is 16.5. The van der Waals surface area contributed by atoms with Crippen LogP contribution in [-0.2, 0) is 0 Å². The number of fused-ring (bicyclic) bond motifs is 1. The summed E-state index contributed by atoms with van der Waals surface area (Å²) in [6, 6.07) is 14.9. The first kappa shape index (κ1) is 17.0. The largest absolute Gasteiger partial charge is 0.493 e. The van der Waals surface area contributed by atoms with E-state index in [2.05, 4.69) is 5.32 Å². The van der Waals surface area contributed by atoms with Gasteiger partial charge in [-0.2, -0.15) is 0 Å². The predicted molar refractivity (Wildman–Crippen MR) is 95.7 cm³/mol. The Morgan fingerprint density at radius 3 is 2.80 bits per heavy atom. The lowest BCUT2D eigenvalue weighted by molar-refractivity contribution is 0.0934. The van der Waals surface area contributed by atoms with Crippen molar-refractivity contribution >= 4 is 16.7 Å². The number of carbonyl (C=O) groups is 1. The molecule has 25 heavy (non-hydrogen) atoms. The molecule has 130 valence electrons. The van der Waals surface area contributed by atoms with Gasteiger partial charge in [0, 0.05) is 6.54 Å². The van der Waals surface area contributed by atoms with Crippen LogP contribution >= 0.6 is 0 Å². The number of rotatable bonds is 7. The number of carbonyl (C=O) groups excluding carboxylic acids is 1. The van der Waals surface area contributed by atoms with Gasteiger partial charge in [-0.05, 0) is 42.3 Å². The second-order valence-corrected chi connectivity index (χ2v) is 5.67. The molecular formula is C20H21NO4. The predicted octanol–water partition coefficient (Wildman–Crippen LogP) is 3.69. The fraction of sp³-hybridized carbons (Fsp3) is 0.250.